The van der Waals surface area contributed by atoms with Crippen molar-refractivity contribution in [1.29, 1.82) is 0 Å². The van der Waals surface area contributed by atoms with Gasteiger partial charge in [0.05, 0.1) is 0 Å². The third-order valence-corrected chi connectivity index (χ3v) is 6.57. The minimum atomic E-state index is -0.399. The van der Waals surface area contributed by atoms with Crippen LogP contribution in [0.15, 0.2) is 61.8 Å². The molecule has 1 fully saturated rings. The highest BCUT2D eigenvalue weighted by Gasteiger charge is 2.26. The molecule has 10 heteroatoms. The number of nitrogens with one attached hydrogen (secondary N) is 2. The van der Waals surface area contributed by atoms with Gasteiger partial charge in [0.15, 0.2) is 5.76 Å². The van der Waals surface area contributed by atoms with E-state index in [9.17, 15) is 9.59 Å². The molecule has 8 nitrogen and oxygen atoms in total. The number of fused-ring (bicyclic) bond motifs is 1. The number of amides is 2. The van der Waals surface area contributed by atoms with Crippen molar-refractivity contribution in [3.05, 3.63) is 69.7 Å². The number of furan rings is 1. The van der Waals surface area contributed by atoms with Crippen molar-refractivity contribution >= 4 is 50.3 Å². The summed E-state index contributed by atoms with van der Waals surface area (Å²) >= 11 is 9.38. The average molecular weight is 544 g/mol. The molecule has 0 spiro atoms. The van der Waals surface area contributed by atoms with Gasteiger partial charge in [0.1, 0.15) is 5.58 Å². The fourth-order valence-electron chi connectivity index (χ4n) is 4.04. The number of rotatable bonds is 5. The van der Waals surface area contributed by atoms with E-state index < -0.39 is 5.91 Å². The summed E-state index contributed by atoms with van der Waals surface area (Å²) in [5.74, 6) is -0.184. The number of hydrogen-bond acceptors (Lipinski definition) is 6. The SMILES string of the molecule is O=C(N[C@H]1CC[C@H](NC(=O)c2nnc(-c3ccc(Br)cc3)o2)CC1)c1cc2cc(Cl)ccc2o1. The predicted molar refractivity (Wildman–Crippen MR) is 130 cm³/mol. The second-order valence-corrected chi connectivity index (χ2v) is 9.56. The van der Waals surface area contributed by atoms with Crippen LogP contribution in [0.3, 0.4) is 0 Å². The van der Waals surface area contributed by atoms with E-state index in [0.717, 1.165) is 41.1 Å². The number of carbonyl (C=O) groups is 2. The van der Waals surface area contributed by atoms with Crippen molar-refractivity contribution < 1.29 is 18.4 Å². The van der Waals surface area contributed by atoms with Gasteiger partial charge < -0.3 is 19.5 Å². The van der Waals surface area contributed by atoms with E-state index in [0.29, 0.717) is 10.6 Å². The topological polar surface area (TPSA) is 110 Å². The van der Waals surface area contributed by atoms with Gasteiger partial charge in [-0.25, -0.2) is 0 Å². The lowest BCUT2D eigenvalue weighted by Crippen LogP contribution is -2.43. The molecule has 0 unspecified atom stereocenters. The molecule has 1 aliphatic carbocycles. The number of aromatic nitrogens is 2. The highest BCUT2D eigenvalue weighted by molar-refractivity contribution is 9.10. The quantitative estimate of drug-likeness (QED) is 0.350. The van der Waals surface area contributed by atoms with Crippen LogP contribution in [0.1, 0.15) is 46.9 Å². The van der Waals surface area contributed by atoms with Gasteiger partial charge in [0.25, 0.3) is 5.91 Å². The zero-order chi connectivity index (χ0) is 23.7. The molecule has 5 rings (SSSR count). The third-order valence-electron chi connectivity index (χ3n) is 5.81. The maximum absolute atomic E-state index is 12.6. The first-order valence-corrected chi connectivity index (χ1v) is 12.0. The Balaban J connectivity index is 1.13. The zero-order valence-electron chi connectivity index (χ0n) is 17.9. The van der Waals surface area contributed by atoms with Gasteiger partial charge in [0.2, 0.25) is 5.89 Å². The molecule has 0 radical (unpaired) electrons. The van der Waals surface area contributed by atoms with E-state index in [4.69, 9.17) is 20.4 Å². The van der Waals surface area contributed by atoms with E-state index in [1.165, 1.54) is 0 Å². The molecule has 0 atom stereocenters. The minimum absolute atomic E-state index is 0.00450. The second-order valence-electron chi connectivity index (χ2n) is 8.21. The van der Waals surface area contributed by atoms with Crippen LogP contribution in [0, 0.1) is 0 Å². The molecule has 34 heavy (non-hydrogen) atoms. The van der Waals surface area contributed by atoms with Crippen molar-refractivity contribution in [2.45, 2.75) is 37.8 Å². The van der Waals surface area contributed by atoms with E-state index in [1.807, 2.05) is 24.3 Å². The molecule has 2 amide bonds. The summed E-state index contributed by atoms with van der Waals surface area (Å²) in [5.41, 5.74) is 1.35. The Bertz CT molecular complexity index is 1340. The number of halogens is 2. The highest BCUT2D eigenvalue weighted by atomic mass is 79.9. The molecular formula is C24H20BrClN4O4. The van der Waals surface area contributed by atoms with Crippen molar-refractivity contribution in [3.63, 3.8) is 0 Å². The lowest BCUT2D eigenvalue weighted by atomic mass is 9.91. The smallest absolute Gasteiger partial charge is 0.309 e. The first kappa shape index (κ1) is 22.6. The molecule has 2 aromatic heterocycles. The number of hydrogen-bond donors (Lipinski definition) is 2. The second kappa shape index (κ2) is 9.60. The Hall–Kier alpha value is -3.17. The van der Waals surface area contributed by atoms with Gasteiger partial charge in [-0.2, -0.15) is 0 Å². The molecule has 0 saturated heterocycles. The highest BCUT2D eigenvalue weighted by Crippen LogP contribution is 2.25. The number of nitrogens with zero attached hydrogens (tertiary/aromatic N) is 2. The Morgan fingerprint density at radius 1 is 0.882 bits per heavy atom. The standard InChI is InChI=1S/C24H20BrClN4O4/c25-15-3-1-13(2-4-15)23-29-30-24(34-23)22(32)28-18-8-6-17(7-9-18)27-21(31)20-12-14-11-16(26)5-10-19(14)33-20/h1-5,10-12,17-18H,6-9H2,(H,27,31)(H,28,32)/t17-,18-. The predicted octanol–water partition coefficient (Wildman–Crippen LogP) is 5.37. The summed E-state index contributed by atoms with van der Waals surface area (Å²) in [6.45, 7) is 0. The summed E-state index contributed by atoms with van der Waals surface area (Å²) in [7, 11) is 0. The lowest BCUT2D eigenvalue weighted by Gasteiger charge is -2.29. The van der Waals surface area contributed by atoms with E-state index in [-0.39, 0.29) is 35.5 Å². The zero-order valence-corrected chi connectivity index (χ0v) is 20.2. The molecule has 0 aliphatic heterocycles. The summed E-state index contributed by atoms with van der Waals surface area (Å²) in [6.07, 6.45) is 2.91. The van der Waals surface area contributed by atoms with Crippen molar-refractivity contribution in [1.82, 2.24) is 20.8 Å². The third kappa shape index (κ3) is 5.00. The summed E-state index contributed by atoms with van der Waals surface area (Å²) in [6, 6.07) is 14.3. The monoisotopic (exact) mass is 542 g/mol. The van der Waals surface area contributed by atoms with Crippen LogP contribution >= 0.6 is 27.5 Å². The van der Waals surface area contributed by atoms with Gasteiger partial charge in [-0.3, -0.25) is 9.59 Å². The molecule has 2 heterocycles. The van der Waals surface area contributed by atoms with Crippen molar-refractivity contribution in [3.8, 4) is 11.5 Å². The molecule has 1 saturated carbocycles. The van der Waals surface area contributed by atoms with E-state index in [2.05, 4.69) is 36.8 Å². The minimum Gasteiger partial charge on any atom is -0.451 e. The van der Waals surface area contributed by atoms with Gasteiger partial charge in [-0.05, 0) is 74.2 Å². The first-order chi connectivity index (χ1) is 16.4. The van der Waals surface area contributed by atoms with Crippen molar-refractivity contribution in [2.75, 3.05) is 0 Å². The first-order valence-electron chi connectivity index (χ1n) is 10.8. The van der Waals surface area contributed by atoms with Gasteiger partial charge in [-0.1, -0.05) is 27.5 Å². The molecule has 4 aromatic rings. The Labute approximate surface area is 208 Å². The fourth-order valence-corrected chi connectivity index (χ4v) is 4.48. The largest absolute Gasteiger partial charge is 0.451 e. The van der Waals surface area contributed by atoms with E-state index in [1.54, 1.807) is 24.3 Å². The van der Waals surface area contributed by atoms with Gasteiger partial charge >= 0.3 is 11.8 Å². The normalized spacial score (nSPS) is 18.1. The molecule has 2 aromatic carbocycles. The van der Waals surface area contributed by atoms with Crippen LogP contribution in [0.4, 0.5) is 0 Å². The maximum atomic E-state index is 12.6. The van der Waals surface area contributed by atoms with Crippen LogP contribution in [-0.4, -0.2) is 34.1 Å². The van der Waals surface area contributed by atoms with Crippen LogP contribution < -0.4 is 10.6 Å². The summed E-state index contributed by atoms with van der Waals surface area (Å²) in [5, 5.41) is 15.2. The lowest BCUT2D eigenvalue weighted by molar-refractivity contribution is 0.0862. The van der Waals surface area contributed by atoms with Crippen LogP contribution in [-0.2, 0) is 0 Å². The Morgan fingerprint density at radius 3 is 2.26 bits per heavy atom. The van der Waals surface area contributed by atoms with E-state index >= 15 is 0 Å². The molecular weight excluding hydrogens is 524 g/mol. The van der Waals surface area contributed by atoms with Crippen LogP contribution in [0.5, 0.6) is 0 Å². The summed E-state index contributed by atoms with van der Waals surface area (Å²) in [4.78, 5) is 25.2. The molecule has 174 valence electrons. The van der Waals surface area contributed by atoms with Gasteiger partial charge in [-0.15, -0.1) is 10.2 Å². The number of benzene rings is 2. The Morgan fingerprint density at radius 2 is 1.56 bits per heavy atom. The average Bonchev–Trinajstić information content (AvgIpc) is 3.48. The van der Waals surface area contributed by atoms with Gasteiger partial charge in [0, 0.05) is 32.5 Å². The maximum Gasteiger partial charge on any atom is 0.309 e. The summed E-state index contributed by atoms with van der Waals surface area (Å²) < 4.78 is 12.1. The molecule has 2 N–H and O–H groups in total. The Kier molecular flexibility index (Phi) is 6.38. The molecule has 1 aliphatic rings. The van der Waals surface area contributed by atoms with Crippen LogP contribution in [0.25, 0.3) is 22.4 Å². The fraction of sp³-hybridized carbons (Fsp3) is 0.250. The number of carbonyl (C=O) groups excluding carboxylic acids is 2. The van der Waals surface area contributed by atoms with Crippen molar-refractivity contribution in [2.24, 2.45) is 0 Å². The molecule has 0 bridgehead atoms. The van der Waals surface area contributed by atoms with Crippen LogP contribution in [0.2, 0.25) is 5.02 Å².